The fraction of sp³-hybridized carbons (Fsp3) is 0.625. The molecule has 0 amide bonds. The topological polar surface area (TPSA) is 130 Å². The molecule has 8 nitrogen and oxygen atoms in total. The average Bonchev–Trinajstić information content (AvgIpc) is 3.47. The van der Waals surface area contributed by atoms with Crippen molar-refractivity contribution in [2.45, 2.75) is 122 Å². The number of hydrogen-bond donors (Lipinski definition) is 3. The van der Waals surface area contributed by atoms with E-state index >= 15 is 0 Å². The second-order valence-electron chi connectivity index (χ2n) is 14.8. The van der Waals surface area contributed by atoms with Crippen LogP contribution in [-0.2, 0) is 23.9 Å². The molecule has 48 heavy (non-hydrogen) atoms. The molecule has 0 heterocycles. The van der Waals surface area contributed by atoms with Gasteiger partial charge in [0, 0.05) is 47.7 Å². The van der Waals surface area contributed by atoms with Crippen LogP contribution in [0.5, 0.6) is 0 Å². The van der Waals surface area contributed by atoms with Gasteiger partial charge >= 0.3 is 11.9 Å². The highest BCUT2D eigenvalue weighted by atomic mass is 16.6. The van der Waals surface area contributed by atoms with E-state index in [0.29, 0.717) is 11.1 Å². The summed E-state index contributed by atoms with van der Waals surface area (Å²) in [4.78, 5) is 40.2. The molecule has 0 bridgehead atoms. The monoisotopic (exact) mass is 664 g/mol. The number of hydrogen-bond acceptors (Lipinski definition) is 8. The Balaban J connectivity index is 1.72. The molecule has 0 aromatic heterocycles. The van der Waals surface area contributed by atoms with Crippen LogP contribution in [0.4, 0.5) is 0 Å². The largest absolute Gasteiger partial charge is 0.455 e. The van der Waals surface area contributed by atoms with Crippen LogP contribution in [-0.4, -0.2) is 62.6 Å². The van der Waals surface area contributed by atoms with Crippen LogP contribution < -0.4 is 0 Å². The lowest BCUT2D eigenvalue weighted by Crippen LogP contribution is -2.66. The fourth-order valence-corrected chi connectivity index (χ4v) is 8.83. The summed E-state index contributed by atoms with van der Waals surface area (Å²) < 4.78 is 12.5. The standard InChI is InChI=1S/C40H56O8/c1-7-9-11-13-15-17-19-21-32(42)47-36-28(4)39(46)30(24-29(26-41)25-38(45)31(39)23-27(3)35(38)44)34-37(5,6)40(34,36)48-33(43)22-20-18-16-14-12-10-8-2/h15-24,28,30-31,34,36,41,45-46H,7-14,25-26H2,1-6H3/b17-15+,18-16+,21-19+,22-20+. The molecule has 264 valence electrons. The minimum atomic E-state index is -1.98. The van der Waals surface area contributed by atoms with Crippen LogP contribution in [0.1, 0.15) is 99.3 Å². The summed E-state index contributed by atoms with van der Waals surface area (Å²) in [5, 5.41) is 35.2. The molecule has 4 aliphatic carbocycles. The van der Waals surface area contributed by atoms with Crippen LogP contribution in [0.25, 0.3) is 0 Å². The quantitative estimate of drug-likeness (QED) is 0.0602. The van der Waals surface area contributed by atoms with Gasteiger partial charge in [0.15, 0.2) is 11.4 Å². The van der Waals surface area contributed by atoms with E-state index in [0.717, 1.165) is 51.4 Å². The molecule has 0 aromatic carbocycles. The number of Topliss-reactive ketones (excluding diaryl/α,β-unsaturated/α-hetero) is 1. The zero-order valence-electron chi connectivity index (χ0n) is 29.6. The summed E-state index contributed by atoms with van der Waals surface area (Å²) >= 11 is 0. The first-order valence-electron chi connectivity index (χ1n) is 17.9. The zero-order chi connectivity index (χ0) is 35.3. The fourth-order valence-electron chi connectivity index (χ4n) is 8.83. The minimum absolute atomic E-state index is 0.141. The van der Waals surface area contributed by atoms with Crippen molar-refractivity contribution in [3.05, 3.63) is 71.9 Å². The van der Waals surface area contributed by atoms with Gasteiger partial charge < -0.3 is 24.8 Å². The van der Waals surface area contributed by atoms with Crippen molar-refractivity contribution in [2.24, 2.45) is 29.1 Å². The van der Waals surface area contributed by atoms with Crippen molar-refractivity contribution in [3.8, 4) is 0 Å². The normalized spacial score (nSPS) is 35.4. The van der Waals surface area contributed by atoms with Crippen molar-refractivity contribution in [3.63, 3.8) is 0 Å². The van der Waals surface area contributed by atoms with Gasteiger partial charge in [-0.15, -0.1) is 0 Å². The maximum Gasteiger partial charge on any atom is 0.331 e. The molecule has 3 N–H and O–H groups in total. The Kier molecular flexibility index (Phi) is 12.0. The van der Waals surface area contributed by atoms with Crippen molar-refractivity contribution >= 4 is 17.7 Å². The summed E-state index contributed by atoms with van der Waals surface area (Å²) in [5.41, 5.74) is -5.12. The van der Waals surface area contributed by atoms with Crippen LogP contribution in [0.2, 0.25) is 0 Å². The number of carbonyl (C=O) groups excluding carboxylic acids is 3. The second-order valence-corrected chi connectivity index (χ2v) is 14.8. The number of ether oxygens (including phenoxy) is 2. The highest BCUT2D eigenvalue weighted by Crippen LogP contribution is 2.77. The summed E-state index contributed by atoms with van der Waals surface area (Å²) in [7, 11) is 0. The molecule has 0 saturated heterocycles. The lowest BCUT2D eigenvalue weighted by molar-refractivity contribution is -0.225. The first-order valence-corrected chi connectivity index (χ1v) is 17.9. The number of carbonyl (C=O) groups is 3. The molecule has 0 aromatic rings. The minimum Gasteiger partial charge on any atom is -0.455 e. The van der Waals surface area contributed by atoms with E-state index in [9.17, 15) is 29.7 Å². The number of allylic oxidation sites excluding steroid dienone is 6. The van der Waals surface area contributed by atoms with E-state index in [-0.39, 0.29) is 6.42 Å². The van der Waals surface area contributed by atoms with Gasteiger partial charge in [0.25, 0.3) is 0 Å². The van der Waals surface area contributed by atoms with Crippen LogP contribution >= 0.6 is 0 Å². The SMILES string of the molecule is CCCCC/C=C/C=C/C(=O)OC1C(C)C2(O)C(C=C(CO)CC3(O)C(=O)C(C)=CC32)C2C(C)(C)C12OC(=O)/C=C/C=C/CCCCC. The number of ketones is 1. The van der Waals surface area contributed by atoms with Gasteiger partial charge in [-0.2, -0.15) is 0 Å². The number of unbranched alkanes of at least 4 members (excludes halogenated alkanes) is 6. The molecule has 0 aliphatic heterocycles. The van der Waals surface area contributed by atoms with Crippen molar-refractivity contribution in [1.29, 1.82) is 0 Å². The first kappa shape index (κ1) is 37.7. The molecule has 4 rings (SSSR count). The Hall–Kier alpha value is -3.07. The summed E-state index contributed by atoms with van der Waals surface area (Å²) in [6, 6.07) is 0. The van der Waals surface area contributed by atoms with Gasteiger partial charge in [-0.25, -0.2) is 9.59 Å². The molecule has 2 fully saturated rings. The number of fused-ring (bicyclic) bond motifs is 5. The lowest BCUT2D eigenvalue weighted by Gasteiger charge is -2.53. The maximum absolute atomic E-state index is 13.5. The summed E-state index contributed by atoms with van der Waals surface area (Å²) in [6.45, 7) is 11.0. The second kappa shape index (κ2) is 15.2. The zero-order valence-corrected chi connectivity index (χ0v) is 29.6. The number of aliphatic hydroxyl groups is 3. The molecule has 0 spiro atoms. The molecule has 8 unspecified atom stereocenters. The van der Waals surface area contributed by atoms with Gasteiger partial charge in [0.2, 0.25) is 0 Å². The Morgan fingerprint density at radius 1 is 0.917 bits per heavy atom. The number of esters is 2. The lowest BCUT2D eigenvalue weighted by atomic mass is 9.59. The predicted molar refractivity (Wildman–Crippen MR) is 185 cm³/mol. The smallest absolute Gasteiger partial charge is 0.331 e. The van der Waals surface area contributed by atoms with Gasteiger partial charge in [-0.1, -0.05) is 109 Å². The van der Waals surface area contributed by atoms with Gasteiger partial charge in [0.05, 0.1) is 12.2 Å². The summed E-state index contributed by atoms with van der Waals surface area (Å²) in [5.74, 6) is -4.97. The third-order valence-electron chi connectivity index (χ3n) is 11.4. The third kappa shape index (κ3) is 6.73. The van der Waals surface area contributed by atoms with Crippen molar-refractivity contribution < 1.29 is 39.2 Å². The van der Waals surface area contributed by atoms with E-state index in [1.165, 1.54) is 12.2 Å². The van der Waals surface area contributed by atoms with E-state index in [1.54, 1.807) is 44.2 Å². The Bertz CT molecular complexity index is 1400. The molecule has 4 aliphatic rings. The molecule has 2 saturated carbocycles. The maximum atomic E-state index is 13.5. The van der Waals surface area contributed by atoms with Crippen LogP contribution in [0.15, 0.2) is 71.9 Å². The van der Waals surface area contributed by atoms with E-state index in [4.69, 9.17) is 9.47 Å². The van der Waals surface area contributed by atoms with E-state index in [1.807, 2.05) is 32.1 Å². The molecular formula is C40H56O8. The van der Waals surface area contributed by atoms with Gasteiger partial charge in [-0.3, -0.25) is 4.79 Å². The van der Waals surface area contributed by atoms with E-state index < -0.39 is 76.3 Å². The molecule has 8 atom stereocenters. The number of rotatable bonds is 15. The summed E-state index contributed by atoms with van der Waals surface area (Å²) in [6.07, 6.45) is 24.1. The molecule has 0 radical (unpaired) electrons. The van der Waals surface area contributed by atoms with Crippen LogP contribution in [0.3, 0.4) is 0 Å². The van der Waals surface area contributed by atoms with Gasteiger partial charge in [-0.05, 0) is 43.8 Å². The average molecular weight is 665 g/mol. The highest BCUT2D eigenvalue weighted by molar-refractivity contribution is 6.04. The predicted octanol–water partition coefficient (Wildman–Crippen LogP) is 6.42. The van der Waals surface area contributed by atoms with E-state index in [2.05, 4.69) is 13.8 Å². The number of aliphatic hydroxyl groups excluding tert-OH is 1. The van der Waals surface area contributed by atoms with Crippen molar-refractivity contribution in [2.75, 3.05) is 6.61 Å². The first-order chi connectivity index (χ1) is 22.8. The third-order valence-corrected chi connectivity index (χ3v) is 11.4. The van der Waals surface area contributed by atoms with Crippen LogP contribution in [0, 0.1) is 29.1 Å². The Morgan fingerprint density at radius 3 is 2.06 bits per heavy atom. The van der Waals surface area contributed by atoms with Gasteiger partial charge in [0.1, 0.15) is 11.7 Å². The Morgan fingerprint density at radius 2 is 1.50 bits per heavy atom. The Labute approximate surface area is 286 Å². The van der Waals surface area contributed by atoms with Crippen molar-refractivity contribution in [1.82, 2.24) is 0 Å². The highest BCUT2D eigenvalue weighted by Gasteiger charge is 2.87. The molecular weight excluding hydrogens is 608 g/mol. The molecule has 8 heteroatoms.